The molecule has 0 unspecified atom stereocenters. The van der Waals surface area contributed by atoms with Gasteiger partial charge in [0, 0.05) is 17.6 Å². The van der Waals surface area contributed by atoms with Gasteiger partial charge in [-0.05, 0) is 60.6 Å². The third-order valence-electron chi connectivity index (χ3n) is 4.96. The minimum atomic E-state index is -4.57. The Bertz CT molecular complexity index is 1010. The zero-order valence-corrected chi connectivity index (χ0v) is 18.6. The third kappa shape index (κ3) is 6.70. The van der Waals surface area contributed by atoms with E-state index in [0.717, 1.165) is 43.1 Å². The van der Waals surface area contributed by atoms with E-state index < -0.39 is 11.7 Å². The second kappa shape index (κ2) is 10.5. The van der Waals surface area contributed by atoms with Crippen molar-refractivity contribution in [3.8, 4) is 0 Å². The van der Waals surface area contributed by atoms with E-state index in [1.54, 1.807) is 6.07 Å². The van der Waals surface area contributed by atoms with Crippen molar-refractivity contribution < 1.29 is 13.2 Å². The molecule has 0 amide bonds. The van der Waals surface area contributed by atoms with E-state index in [2.05, 4.69) is 41.4 Å². The number of benzene rings is 2. The molecule has 0 aliphatic rings. The van der Waals surface area contributed by atoms with Crippen molar-refractivity contribution in [1.82, 2.24) is 9.97 Å². The van der Waals surface area contributed by atoms with Gasteiger partial charge in [0.15, 0.2) is 0 Å². The molecule has 0 atom stereocenters. The summed E-state index contributed by atoms with van der Waals surface area (Å²) in [6.45, 7) is 6.34. The molecule has 1 aromatic heterocycles. The Hall–Kier alpha value is -3.09. The molecule has 0 aliphatic heterocycles. The van der Waals surface area contributed by atoms with Crippen molar-refractivity contribution >= 4 is 23.1 Å². The van der Waals surface area contributed by atoms with Crippen LogP contribution in [-0.4, -0.2) is 9.97 Å². The van der Waals surface area contributed by atoms with Crippen LogP contribution < -0.4 is 10.6 Å². The monoisotopic (exact) mass is 442 g/mol. The summed E-state index contributed by atoms with van der Waals surface area (Å²) in [5.74, 6) is 0.260. The maximum absolute atomic E-state index is 13.6. The topological polar surface area (TPSA) is 49.8 Å². The van der Waals surface area contributed by atoms with Crippen molar-refractivity contribution in [2.75, 3.05) is 10.6 Å². The summed E-state index contributed by atoms with van der Waals surface area (Å²) in [6.07, 6.45) is 0.310. The lowest BCUT2D eigenvalue weighted by atomic mass is 10.0. The predicted octanol–water partition coefficient (Wildman–Crippen LogP) is 7.52. The van der Waals surface area contributed by atoms with E-state index >= 15 is 0 Å². The van der Waals surface area contributed by atoms with Crippen molar-refractivity contribution in [3.05, 3.63) is 71.4 Å². The minimum absolute atomic E-state index is 0.0974. The zero-order valence-electron chi connectivity index (χ0n) is 18.6. The van der Waals surface area contributed by atoms with Gasteiger partial charge in [-0.15, -0.1) is 0 Å². The molecule has 0 saturated carbocycles. The van der Waals surface area contributed by atoms with Crippen LogP contribution in [0, 0.1) is 5.92 Å². The van der Waals surface area contributed by atoms with Crippen molar-refractivity contribution in [3.63, 3.8) is 0 Å². The van der Waals surface area contributed by atoms with Gasteiger partial charge >= 0.3 is 6.18 Å². The summed E-state index contributed by atoms with van der Waals surface area (Å²) in [6, 6.07) is 15.1. The molecule has 0 saturated heterocycles. The summed E-state index contributed by atoms with van der Waals surface area (Å²) in [7, 11) is 0. The molecular formula is C25H29F3N4. The number of anilines is 4. The van der Waals surface area contributed by atoms with Crippen LogP contribution in [0.2, 0.25) is 0 Å². The highest BCUT2D eigenvalue weighted by Gasteiger charge is 2.35. The van der Waals surface area contributed by atoms with Crippen molar-refractivity contribution in [2.24, 2.45) is 5.92 Å². The number of unbranched alkanes of at least 4 members (excludes halogenated alkanes) is 1. The molecule has 2 aromatic carbocycles. The fourth-order valence-corrected chi connectivity index (χ4v) is 3.39. The molecular weight excluding hydrogens is 413 g/mol. The largest absolute Gasteiger partial charge is 0.421 e. The van der Waals surface area contributed by atoms with Crippen LogP contribution in [0.25, 0.3) is 0 Å². The van der Waals surface area contributed by atoms with Gasteiger partial charge in [0.2, 0.25) is 5.95 Å². The van der Waals surface area contributed by atoms with Crippen LogP contribution in [0.15, 0.2) is 54.7 Å². The molecule has 3 aromatic rings. The van der Waals surface area contributed by atoms with E-state index in [4.69, 9.17) is 0 Å². The molecule has 1 heterocycles. The first-order valence-corrected chi connectivity index (χ1v) is 10.9. The Labute approximate surface area is 187 Å². The SMILES string of the molecule is CCCCc1ccc(Nc2ncc(C(F)(F)F)c(Nc3cccc(CC(C)C)c3)n2)cc1. The van der Waals surface area contributed by atoms with E-state index in [0.29, 0.717) is 11.6 Å². The number of rotatable bonds is 9. The first-order chi connectivity index (χ1) is 15.2. The Morgan fingerprint density at radius 3 is 2.34 bits per heavy atom. The average Bonchev–Trinajstić information content (AvgIpc) is 2.72. The van der Waals surface area contributed by atoms with Gasteiger partial charge in [0.05, 0.1) is 0 Å². The minimum Gasteiger partial charge on any atom is -0.340 e. The van der Waals surface area contributed by atoms with Crippen LogP contribution in [-0.2, 0) is 19.0 Å². The van der Waals surface area contributed by atoms with E-state index in [-0.39, 0.29) is 11.8 Å². The van der Waals surface area contributed by atoms with Gasteiger partial charge in [-0.3, -0.25) is 0 Å². The van der Waals surface area contributed by atoms with E-state index in [1.807, 2.05) is 42.5 Å². The summed E-state index contributed by atoms with van der Waals surface area (Å²) in [5, 5.41) is 5.84. The Morgan fingerprint density at radius 2 is 1.69 bits per heavy atom. The Kier molecular flexibility index (Phi) is 7.72. The molecule has 2 N–H and O–H groups in total. The molecule has 32 heavy (non-hydrogen) atoms. The molecule has 0 bridgehead atoms. The Balaban J connectivity index is 1.84. The summed E-state index contributed by atoms with van der Waals surface area (Å²) >= 11 is 0. The average molecular weight is 443 g/mol. The van der Waals surface area contributed by atoms with Gasteiger partial charge < -0.3 is 10.6 Å². The molecule has 0 aliphatic carbocycles. The maximum atomic E-state index is 13.6. The van der Waals surface area contributed by atoms with Gasteiger partial charge in [0.1, 0.15) is 11.4 Å². The first kappa shape index (κ1) is 23.6. The molecule has 7 heteroatoms. The van der Waals surface area contributed by atoms with Crippen molar-refractivity contribution in [1.29, 1.82) is 0 Å². The van der Waals surface area contributed by atoms with Crippen LogP contribution in [0.1, 0.15) is 50.3 Å². The number of hydrogen-bond donors (Lipinski definition) is 2. The normalized spacial score (nSPS) is 11.6. The predicted molar refractivity (Wildman–Crippen MR) is 124 cm³/mol. The van der Waals surface area contributed by atoms with Gasteiger partial charge in [-0.2, -0.15) is 18.2 Å². The lowest BCUT2D eigenvalue weighted by Gasteiger charge is -2.16. The smallest absolute Gasteiger partial charge is 0.340 e. The fraction of sp³-hybridized carbons (Fsp3) is 0.360. The second-order valence-corrected chi connectivity index (χ2v) is 8.30. The zero-order chi connectivity index (χ0) is 23.1. The fourth-order valence-electron chi connectivity index (χ4n) is 3.39. The number of aromatic nitrogens is 2. The van der Waals surface area contributed by atoms with Crippen LogP contribution in [0.3, 0.4) is 0 Å². The lowest BCUT2D eigenvalue weighted by molar-refractivity contribution is -0.137. The second-order valence-electron chi connectivity index (χ2n) is 8.30. The van der Waals surface area contributed by atoms with E-state index in [9.17, 15) is 13.2 Å². The molecule has 0 spiro atoms. The van der Waals surface area contributed by atoms with E-state index in [1.165, 1.54) is 5.56 Å². The van der Waals surface area contributed by atoms with Gasteiger partial charge in [-0.25, -0.2) is 4.98 Å². The highest BCUT2D eigenvalue weighted by molar-refractivity contribution is 5.63. The van der Waals surface area contributed by atoms with Gasteiger partial charge in [0.25, 0.3) is 0 Å². The first-order valence-electron chi connectivity index (χ1n) is 10.9. The third-order valence-corrected chi connectivity index (χ3v) is 4.96. The maximum Gasteiger partial charge on any atom is 0.421 e. The van der Waals surface area contributed by atoms with Crippen LogP contribution in [0.4, 0.5) is 36.3 Å². The molecule has 170 valence electrons. The number of nitrogens with one attached hydrogen (secondary N) is 2. The molecule has 0 radical (unpaired) electrons. The summed E-state index contributed by atoms with van der Waals surface area (Å²) < 4.78 is 40.7. The van der Waals surface area contributed by atoms with Gasteiger partial charge in [-0.1, -0.05) is 51.5 Å². The molecule has 0 fully saturated rings. The molecule has 3 rings (SSSR count). The number of alkyl halides is 3. The Morgan fingerprint density at radius 1 is 0.938 bits per heavy atom. The quantitative estimate of drug-likeness (QED) is 0.360. The molecule has 4 nitrogen and oxygen atoms in total. The lowest BCUT2D eigenvalue weighted by Crippen LogP contribution is -2.12. The number of aryl methyl sites for hydroxylation is 1. The number of nitrogens with zero attached hydrogens (tertiary/aromatic N) is 2. The van der Waals surface area contributed by atoms with Crippen molar-refractivity contribution in [2.45, 2.75) is 52.6 Å². The number of halogens is 3. The highest BCUT2D eigenvalue weighted by Crippen LogP contribution is 2.35. The standard InChI is InChI=1S/C25H29F3N4/c1-4-5-7-18-10-12-20(13-11-18)31-24-29-16-22(25(26,27)28)23(32-24)30-21-9-6-8-19(15-21)14-17(2)3/h6,8-13,15-17H,4-5,7,14H2,1-3H3,(H2,29,30,31,32). The summed E-state index contributed by atoms with van der Waals surface area (Å²) in [5.41, 5.74) is 2.63. The summed E-state index contributed by atoms with van der Waals surface area (Å²) in [4.78, 5) is 8.03. The van der Waals surface area contributed by atoms with Crippen LogP contribution in [0.5, 0.6) is 0 Å². The van der Waals surface area contributed by atoms with Crippen LogP contribution >= 0.6 is 0 Å². The highest BCUT2D eigenvalue weighted by atomic mass is 19.4. The number of hydrogen-bond acceptors (Lipinski definition) is 4.